The Hall–Kier alpha value is -2.94. The number of hydrogen-bond acceptors (Lipinski definition) is 12. The second-order valence-electron chi connectivity index (χ2n) is 17.0. The lowest BCUT2D eigenvalue weighted by Crippen LogP contribution is -2.63. The number of piperazine rings is 1. The van der Waals surface area contributed by atoms with Gasteiger partial charge >= 0.3 is 5.97 Å². The highest BCUT2D eigenvalue weighted by molar-refractivity contribution is 8.00. The lowest BCUT2D eigenvalue weighted by molar-refractivity contribution is -0.205. The minimum Gasteiger partial charge on any atom is -0.461 e. The molecular formula is C39H59ClN8O5S. The third-order valence-electron chi connectivity index (χ3n) is 14.3. The Bertz CT molecular complexity index is 1730. The molecule has 3 saturated carbocycles. The molecule has 15 heteroatoms. The fourth-order valence-corrected chi connectivity index (χ4v) is 11.7. The van der Waals surface area contributed by atoms with Gasteiger partial charge in [-0.15, -0.1) is 30.7 Å². The normalized spacial score (nSPS) is 34.5. The lowest BCUT2D eigenvalue weighted by atomic mass is 9.44. The van der Waals surface area contributed by atoms with Gasteiger partial charge < -0.3 is 35.3 Å². The van der Waals surface area contributed by atoms with Gasteiger partial charge in [0.05, 0.1) is 18.2 Å². The van der Waals surface area contributed by atoms with Gasteiger partial charge in [-0.1, -0.05) is 33.8 Å². The number of carbonyl (C=O) groups is 3. The Morgan fingerprint density at radius 2 is 1.85 bits per heavy atom. The molecular weight excluding hydrogens is 728 g/mol. The van der Waals surface area contributed by atoms with E-state index in [0.717, 1.165) is 64.1 Å². The number of amides is 1. The quantitative estimate of drug-likeness (QED) is 0.245. The number of anilines is 2. The number of nitrogen functional groups attached to an aromatic ring is 1. The summed E-state index contributed by atoms with van der Waals surface area (Å²) in [4.78, 5) is 58.3. The van der Waals surface area contributed by atoms with Gasteiger partial charge in [0.25, 0.3) is 0 Å². The van der Waals surface area contributed by atoms with Crippen molar-refractivity contribution in [1.29, 1.82) is 0 Å². The molecule has 2 bridgehead atoms. The van der Waals surface area contributed by atoms with Crippen molar-refractivity contribution in [3.63, 3.8) is 0 Å². The first-order chi connectivity index (χ1) is 25.3. The first-order valence-corrected chi connectivity index (χ1v) is 20.7. The van der Waals surface area contributed by atoms with E-state index in [9.17, 15) is 19.5 Å². The van der Waals surface area contributed by atoms with Crippen molar-refractivity contribution in [2.45, 2.75) is 103 Å². The number of nitrogens with one attached hydrogen (secondary N) is 1. The van der Waals surface area contributed by atoms with Crippen LogP contribution in [0.5, 0.6) is 0 Å². The summed E-state index contributed by atoms with van der Waals surface area (Å²) in [7, 11) is 0. The molecule has 298 valence electrons. The maximum absolute atomic E-state index is 13.7. The van der Waals surface area contributed by atoms with E-state index in [1.807, 2.05) is 22.5 Å². The van der Waals surface area contributed by atoms with E-state index >= 15 is 0 Å². The van der Waals surface area contributed by atoms with Crippen LogP contribution in [0.15, 0.2) is 19.0 Å². The first kappa shape index (κ1) is 40.7. The first-order valence-electron chi connectivity index (χ1n) is 19.7. The van der Waals surface area contributed by atoms with Gasteiger partial charge in [-0.3, -0.25) is 14.4 Å². The number of fused-ring (bicyclic) bond motifs is 1. The number of hydrogen-bond donors (Lipinski definition) is 3. The van der Waals surface area contributed by atoms with Crippen molar-refractivity contribution in [3.05, 3.63) is 19.0 Å². The molecule has 4 heterocycles. The molecule has 7 rings (SSSR count). The number of esters is 1. The molecule has 2 aliphatic heterocycles. The summed E-state index contributed by atoms with van der Waals surface area (Å²) in [5.41, 5.74) is 5.96. The van der Waals surface area contributed by atoms with E-state index in [-0.39, 0.29) is 70.2 Å². The molecule has 0 aromatic carbocycles. The molecule has 2 saturated heterocycles. The second kappa shape index (κ2) is 15.9. The van der Waals surface area contributed by atoms with Crippen LogP contribution in [-0.2, 0) is 25.7 Å². The topological polar surface area (TPSA) is 169 Å². The van der Waals surface area contributed by atoms with Crippen molar-refractivity contribution in [3.8, 4) is 0 Å². The number of rotatable bonds is 9. The van der Waals surface area contributed by atoms with Gasteiger partial charge in [0.2, 0.25) is 11.9 Å². The molecule has 2 aromatic heterocycles. The van der Waals surface area contributed by atoms with Gasteiger partial charge in [0.15, 0.2) is 17.0 Å². The number of aryl methyl sites for hydroxylation is 1. The van der Waals surface area contributed by atoms with Crippen LogP contribution in [0.25, 0.3) is 11.2 Å². The maximum atomic E-state index is 13.7. The minimum absolute atomic E-state index is 0. The summed E-state index contributed by atoms with van der Waals surface area (Å²) < 4.78 is 8.34. The summed E-state index contributed by atoms with van der Waals surface area (Å²) in [6.45, 7) is 17.7. The summed E-state index contributed by atoms with van der Waals surface area (Å²) in [6.07, 6.45) is 7.87. The minimum atomic E-state index is -0.683. The summed E-state index contributed by atoms with van der Waals surface area (Å²) in [6, 6.07) is 0. The van der Waals surface area contributed by atoms with Gasteiger partial charge in [-0.05, 0) is 55.8 Å². The van der Waals surface area contributed by atoms with E-state index < -0.39 is 23.0 Å². The molecule has 3 aliphatic carbocycles. The third-order valence-corrected chi connectivity index (χ3v) is 15.6. The number of thioether (sulfide) groups is 1. The van der Waals surface area contributed by atoms with Crippen LogP contribution in [0, 0.1) is 34.0 Å². The number of Topliss-reactive ketones (excluding diaryl/α,β-unsaturated/α-hetero) is 1. The molecule has 0 unspecified atom stereocenters. The fourth-order valence-electron chi connectivity index (χ4n) is 10.7. The number of imidazole rings is 1. The predicted octanol–water partition coefficient (Wildman–Crippen LogP) is 4.26. The zero-order valence-electron chi connectivity index (χ0n) is 32.3. The van der Waals surface area contributed by atoms with Crippen LogP contribution < -0.4 is 16.0 Å². The monoisotopic (exact) mass is 786 g/mol. The number of nitrogens with two attached hydrogens (primary N) is 1. The average Bonchev–Trinajstić information content (AvgIpc) is 3.74. The van der Waals surface area contributed by atoms with Gasteiger partial charge in [0.1, 0.15) is 11.9 Å². The Morgan fingerprint density at radius 3 is 2.56 bits per heavy atom. The number of nitrogens with zero attached hydrogens (tertiary/aromatic N) is 6. The highest BCUT2D eigenvalue weighted by atomic mass is 35.5. The highest BCUT2D eigenvalue weighted by Gasteiger charge is 2.68. The number of aliphatic hydroxyl groups is 1. The number of piperidine rings is 1. The molecule has 8 atom stereocenters. The largest absolute Gasteiger partial charge is 0.461 e. The van der Waals surface area contributed by atoms with Crippen LogP contribution in [0.4, 0.5) is 11.8 Å². The van der Waals surface area contributed by atoms with Crippen molar-refractivity contribution < 1.29 is 24.2 Å². The van der Waals surface area contributed by atoms with Crippen LogP contribution in [0.1, 0.15) is 79.1 Å². The maximum Gasteiger partial charge on any atom is 0.316 e. The molecule has 13 nitrogen and oxygen atoms in total. The van der Waals surface area contributed by atoms with Crippen LogP contribution in [-0.4, -0.2) is 110 Å². The molecule has 4 N–H and O–H groups in total. The fraction of sp³-hybridized carbons (Fsp3) is 0.744. The van der Waals surface area contributed by atoms with Crippen molar-refractivity contribution in [2.75, 3.05) is 55.7 Å². The van der Waals surface area contributed by atoms with E-state index in [1.165, 1.54) is 0 Å². The van der Waals surface area contributed by atoms with Crippen molar-refractivity contribution in [2.24, 2.45) is 34.0 Å². The highest BCUT2D eigenvalue weighted by Crippen LogP contribution is 2.68. The van der Waals surface area contributed by atoms with Crippen molar-refractivity contribution >= 4 is 64.8 Å². The van der Waals surface area contributed by atoms with Crippen LogP contribution in [0.2, 0.25) is 0 Å². The number of aromatic nitrogens is 4. The number of halogens is 1. The van der Waals surface area contributed by atoms with E-state index in [2.05, 4.69) is 52.5 Å². The number of ether oxygens (including phenoxy) is 1. The van der Waals surface area contributed by atoms with Crippen molar-refractivity contribution in [1.82, 2.24) is 29.7 Å². The van der Waals surface area contributed by atoms with E-state index in [4.69, 9.17) is 10.5 Å². The average molecular weight is 787 g/mol. The number of ketones is 1. The zero-order chi connectivity index (χ0) is 37.7. The molecule has 1 amide bonds. The Labute approximate surface area is 329 Å². The lowest BCUT2D eigenvalue weighted by Gasteiger charge is -2.61. The smallest absolute Gasteiger partial charge is 0.316 e. The standard InChI is InChI=1S/C39H58N8O5S.ClH/c1-6-37(4)21-28(38(5)24(2)7-12-39(25(3)33(37)51)13-8-27(48)32(38)39)52-30(50)22-53-26-9-16-45(17-10-26)29(49)11-18-47-23-42-31-34(43-36(40)44-35(31)47)46-19-14-41-15-20-46;/h6,23-26,28,32-33,41,51H,1,7-22H2,2-5H3,(H2,40,43,44);1H/t24-,25+,28-,32-,33+,37-,38+,39+;/m1./s1. The number of likely N-dealkylation sites (tertiary alicyclic amines) is 1. The zero-order valence-corrected chi connectivity index (χ0v) is 33.9. The second-order valence-corrected chi connectivity index (χ2v) is 18.2. The van der Waals surface area contributed by atoms with E-state index in [1.54, 1.807) is 18.1 Å². The van der Waals surface area contributed by atoms with Gasteiger partial charge in [0, 0.05) is 80.7 Å². The Balaban J connectivity index is 0.00000497. The molecule has 0 radical (unpaired) electrons. The molecule has 2 aromatic rings. The summed E-state index contributed by atoms with van der Waals surface area (Å²) in [5, 5.41) is 15.4. The summed E-state index contributed by atoms with van der Waals surface area (Å²) >= 11 is 1.60. The van der Waals surface area contributed by atoms with Gasteiger partial charge in [-0.25, -0.2) is 4.98 Å². The molecule has 54 heavy (non-hydrogen) atoms. The molecule has 5 aliphatic rings. The third kappa shape index (κ3) is 7.13. The molecule has 0 spiro atoms. The molecule has 5 fully saturated rings. The Morgan fingerprint density at radius 1 is 1.13 bits per heavy atom. The summed E-state index contributed by atoms with van der Waals surface area (Å²) in [5.74, 6) is 1.10. The number of carbonyl (C=O) groups excluding carboxylic acids is 3. The van der Waals surface area contributed by atoms with Crippen LogP contribution >= 0.6 is 24.2 Å². The van der Waals surface area contributed by atoms with Gasteiger partial charge in [-0.2, -0.15) is 9.97 Å². The van der Waals surface area contributed by atoms with E-state index in [0.29, 0.717) is 50.1 Å². The predicted molar refractivity (Wildman–Crippen MR) is 213 cm³/mol. The number of aliphatic hydroxyl groups excluding tert-OH is 1. The van der Waals surface area contributed by atoms with Crippen LogP contribution in [0.3, 0.4) is 0 Å². The Kier molecular flexibility index (Phi) is 12.0. The SMILES string of the molecule is C=C[C@]1(C)C[C@@H](OC(=O)CSC2CCN(C(=O)CCn3cnc4c(N5CCNCC5)nc(N)nc43)CC2)[C@]2(C)[C@H](C)CC[C@]3(CCC(=O)[C@@H]32)[C@@H](C)[C@@H]1O.Cl.